The summed E-state index contributed by atoms with van der Waals surface area (Å²) in [5.74, 6) is 1.04. The van der Waals surface area contributed by atoms with Crippen molar-refractivity contribution in [2.75, 3.05) is 12.1 Å². The Hall–Kier alpha value is -2.76. The molecule has 1 unspecified atom stereocenters. The normalized spacial score (nSPS) is 14.1. The number of benzene rings is 2. The monoisotopic (exact) mass is 448 g/mol. The molecule has 158 valence electrons. The Morgan fingerprint density at radius 1 is 1.27 bits per heavy atom. The summed E-state index contributed by atoms with van der Waals surface area (Å²) < 4.78 is 35.8. The van der Waals surface area contributed by atoms with Crippen LogP contribution in [-0.4, -0.2) is 35.9 Å². The second kappa shape index (κ2) is 7.82. The van der Waals surface area contributed by atoms with Crippen LogP contribution in [0.25, 0.3) is 11.0 Å². The van der Waals surface area contributed by atoms with Crippen LogP contribution in [0, 0.1) is 0 Å². The first-order valence-electron chi connectivity index (χ1n) is 9.16. The molecule has 0 spiro atoms. The molecule has 1 aliphatic rings. The average molecular weight is 449 g/mol. The van der Waals surface area contributed by atoms with Gasteiger partial charge in [0.05, 0.1) is 21.2 Å². The van der Waals surface area contributed by atoms with E-state index in [0.29, 0.717) is 34.4 Å². The van der Waals surface area contributed by atoms with E-state index in [9.17, 15) is 13.2 Å². The van der Waals surface area contributed by atoms with Crippen molar-refractivity contribution in [1.29, 1.82) is 0 Å². The van der Waals surface area contributed by atoms with E-state index in [1.807, 2.05) is 11.5 Å². The van der Waals surface area contributed by atoms with Crippen LogP contribution < -0.4 is 19.9 Å². The van der Waals surface area contributed by atoms with Gasteiger partial charge in [-0.25, -0.2) is 18.5 Å². The number of imidazole rings is 1. The molecule has 0 radical (unpaired) electrons. The number of primary sulfonamides is 1. The van der Waals surface area contributed by atoms with Crippen molar-refractivity contribution < 1.29 is 22.7 Å². The Morgan fingerprint density at radius 3 is 2.77 bits per heavy atom. The highest BCUT2D eigenvalue weighted by molar-refractivity contribution is 8.00. The highest BCUT2D eigenvalue weighted by Gasteiger charge is 2.21. The van der Waals surface area contributed by atoms with Crippen molar-refractivity contribution in [3.8, 4) is 11.5 Å². The summed E-state index contributed by atoms with van der Waals surface area (Å²) in [5, 5.41) is 8.25. The SMILES string of the molecule is CCn1c(SC(C)C(=O)Nc2ccc3c(c2)OCO3)nc2cc(S(N)(=O)=O)ccc21. The number of fused-ring (bicyclic) bond motifs is 2. The number of nitrogens with two attached hydrogens (primary N) is 1. The van der Waals surface area contributed by atoms with Crippen molar-refractivity contribution in [1.82, 2.24) is 9.55 Å². The van der Waals surface area contributed by atoms with Crippen LogP contribution in [0.2, 0.25) is 0 Å². The molecule has 2 aromatic carbocycles. The molecule has 0 aliphatic carbocycles. The molecular formula is C19H20N4O5S2. The first-order valence-corrected chi connectivity index (χ1v) is 11.6. The molecule has 4 rings (SSSR count). The van der Waals surface area contributed by atoms with E-state index in [1.165, 1.54) is 23.9 Å². The Balaban J connectivity index is 1.54. The fourth-order valence-corrected chi connectivity index (χ4v) is 4.61. The quantitative estimate of drug-likeness (QED) is 0.555. The number of hydrogen-bond acceptors (Lipinski definition) is 7. The summed E-state index contributed by atoms with van der Waals surface area (Å²) in [6, 6.07) is 9.78. The van der Waals surface area contributed by atoms with Gasteiger partial charge in [0.25, 0.3) is 0 Å². The Bertz CT molecular complexity index is 1240. The Kier molecular flexibility index (Phi) is 5.35. The molecule has 1 amide bonds. The first-order chi connectivity index (χ1) is 14.3. The standard InChI is InChI=1S/C19H20N4O5S2/c1-3-23-15-6-5-13(30(20,25)26)9-14(15)22-19(23)29-11(2)18(24)21-12-4-7-16-17(8-12)28-10-27-16/h4-9,11H,3,10H2,1-2H3,(H,21,24)(H2,20,25,26). The summed E-state index contributed by atoms with van der Waals surface area (Å²) in [6.07, 6.45) is 0. The number of hydrogen-bond donors (Lipinski definition) is 2. The van der Waals surface area contributed by atoms with E-state index < -0.39 is 15.3 Å². The molecule has 3 aromatic rings. The molecule has 9 nitrogen and oxygen atoms in total. The van der Waals surface area contributed by atoms with Gasteiger partial charge < -0.3 is 19.4 Å². The largest absolute Gasteiger partial charge is 0.454 e. The molecule has 30 heavy (non-hydrogen) atoms. The van der Waals surface area contributed by atoms with E-state index in [2.05, 4.69) is 10.3 Å². The van der Waals surface area contributed by atoms with Crippen molar-refractivity contribution in [2.24, 2.45) is 5.14 Å². The number of nitrogens with one attached hydrogen (secondary N) is 1. The van der Waals surface area contributed by atoms with Gasteiger partial charge in [-0.05, 0) is 44.2 Å². The molecule has 1 aromatic heterocycles. The number of carbonyl (C=O) groups excluding carboxylic acids is 1. The van der Waals surface area contributed by atoms with Crippen LogP contribution in [-0.2, 0) is 21.4 Å². The maximum atomic E-state index is 12.7. The fourth-order valence-electron chi connectivity index (χ4n) is 3.09. The summed E-state index contributed by atoms with van der Waals surface area (Å²) >= 11 is 1.29. The number of carbonyl (C=O) groups is 1. The number of nitrogens with zero attached hydrogens (tertiary/aromatic N) is 2. The van der Waals surface area contributed by atoms with E-state index in [1.54, 1.807) is 31.2 Å². The fraction of sp³-hybridized carbons (Fsp3) is 0.263. The van der Waals surface area contributed by atoms with Gasteiger partial charge in [0.2, 0.25) is 22.7 Å². The number of sulfonamides is 1. The number of aryl methyl sites for hydroxylation is 1. The topological polar surface area (TPSA) is 126 Å². The molecule has 3 N–H and O–H groups in total. The van der Waals surface area contributed by atoms with Crippen molar-refractivity contribution in [3.63, 3.8) is 0 Å². The molecule has 0 bridgehead atoms. The number of thioether (sulfide) groups is 1. The van der Waals surface area contributed by atoms with Crippen molar-refractivity contribution in [2.45, 2.75) is 35.7 Å². The molecular weight excluding hydrogens is 428 g/mol. The first kappa shape index (κ1) is 20.5. The van der Waals surface area contributed by atoms with Gasteiger partial charge in [-0.1, -0.05) is 11.8 Å². The van der Waals surface area contributed by atoms with Gasteiger partial charge in [-0.2, -0.15) is 0 Å². The zero-order chi connectivity index (χ0) is 21.5. The van der Waals surface area contributed by atoms with Crippen molar-refractivity contribution >= 4 is 44.4 Å². The lowest BCUT2D eigenvalue weighted by Gasteiger charge is -2.13. The third kappa shape index (κ3) is 3.95. The summed E-state index contributed by atoms with van der Waals surface area (Å²) in [7, 11) is -3.82. The van der Waals surface area contributed by atoms with Gasteiger partial charge in [0.15, 0.2) is 16.7 Å². The van der Waals surface area contributed by atoms with E-state index in [0.717, 1.165) is 5.52 Å². The zero-order valence-electron chi connectivity index (χ0n) is 16.3. The van der Waals surface area contributed by atoms with Crippen LogP contribution in [0.1, 0.15) is 13.8 Å². The van der Waals surface area contributed by atoms with E-state index >= 15 is 0 Å². The lowest BCUT2D eigenvalue weighted by atomic mass is 10.2. The number of ether oxygens (including phenoxy) is 2. The highest BCUT2D eigenvalue weighted by atomic mass is 32.2. The molecule has 11 heteroatoms. The summed E-state index contributed by atoms with van der Waals surface area (Å²) in [6.45, 7) is 4.52. The van der Waals surface area contributed by atoms with Gasteiger partial charge in [0, 0.05) is 18.3 Å². The van der Waals surface area contributed by atoms with E-state index in [4.69, 9.17) is 14.6 Å². The Labute approximate surface area is 177 Å². The lowest BCUT2D eigenvalue weighted by molar-refractivity contribution is -0.115. The van der Waals surface area contributed by atoms with Gasteiger partial charge in [0.1, 0.15) is 0 Å². The van der Waals surface area contributed by atoms with Crippen LogP contribution >= 0.6 is 11.8 Å². The molecule has 1 atom stereocenters. The predicted octanol–water partition coefficient (Wildman–Crippen LogP) is 2.55. The summed E-state index contributed by atoms with van der Waals surface area (Å²) in [5.41, 5.74) is 1.89. The Morgan fingerprint density at radius 2 is 2.03 bits per heavy atom. The number of anilines is 1. The molecule has 0 fully saturated rings. The minimum atomic E-state index is -3.82. The smallest absolute Gasteiger partial charge is 0.238 e. The molecule has 0 saturated heterocycles. The molecule has 2 heterocycles. The van der Waals surface area contributed by atoms with E-state index in [-0.39, 0.29) is 17.6 Å². The molecule has 1 aliphatic heterocycles. The second-order valence-electron chi connectivity index (χ2n) is 6.65. The maximum Gasteiger partial charge on any atom is 0.238 e. The van der Waals surface area contributed by atoms with Crippen LogP contribution in [0.15, 0.2) is 46.5 Å². The van der Waals surface area contributed by atoms with Gasteiger partial charge >= 0.3 is 0 Å². The predicted molar refractivity (Wildman–Crippen MR) is 113 cm³/mol. The van der Waals surface area contributed by atoms with Crippen LogP contribution in [0.5, 0.6) is 11.5 Å². The third-order valence-electron chi connectivity index (χ3n) is 4.62. The van der Waals surface area contributed by atoms with Gasteiger partial charge in [-0.15, -0.1) is 0 Å². The molecule has 0 saturated carbocycles. The third-order valence-corrected chi connectivity index (χ3v) is 6.62. The lowest BCUT2D eigenvalue weighted by Crippen LogP contribution is -2.22. The number of rotatable bonds is 6. The number of aromatic nitrogens is 2. The van der Waals surface area contributed by atoms with Gasteiger partial charge in [-0.3, -0.25) is 4.79 Å². The summed E-state index contributed by atoms with van der Waals surface area (Å²) in [4.78, 5) is 17.2. The minimum Gasteiger partial charge on any atom is -0.454 e. The number of amides is 1. The highest BCUT2D eigenvalue weighted by Crippen LogP contribution is 2.35. The second-order valence-corrected chi connectivity index (χ2v) is 9.52. The minimum absolute atomic E-state index is 0.000836. The zero-order valence-corrected chi connectivity index (χ0v) is 17.9. The van der Waals surface area contributed by atoms with Crippen molar-refractivity contribution in [3.05, 3.63) is 36.4 Å². The maximum absolute atomic E-state index is 12.7. The average Bonchev–Trinajstić information content (AvgIpc) is 3.29. The van der Waals surface area contributed by atoms with Crippen LogP contribution in [0.3, 0.4) is 0 Å². The van der Waals surface area contributed by atoms with Crippen LogP contribution in [0.4, 0.5) is 5.69 Å².